The second kappa shape index (κ2) is 7.90. The number of carbonyl (C=O) groups excluding carboxylic acids is 1. The lowest BCUT2D eigenvalue weighted by Crippen LogP contribution is -2.40. The number of benzene rings is 2. The maximum atomic E-state index is 13.2. The number of nitrogens with one attached hydrogen (secondary N) is 1. The van der Waals surface area contributed by atoms with E-state index in [2.05, 4.69) is 38.3 Å². The Hall–Kier alpha value is -1.72. The van der Waals surface area contributed by atoms with Gasteiger partial charge < -0.3 is 5.32 Å². The van der Waals surface area contributed by atoms with Crippen molar-refractivity contribution in [3.8, 4) is 0 Å². The molecule has 1 aliphatic heterocycles. The van der Waals surface area contributed by atoms with Crippen LogP contribution < -0.4 is 5.32 Å². The van der Waals surface area contributed by atoms with Gasteiger partial charge in [-0.25, -0.2) is 4.39 Å². The van der Waals surface area contributed by atoms with Crippen molar-refractivity contribution in [2.75, 3.05) is 18.4 Å². The Bertz CT molecular complexity index is 705. The maximum Gasteiger partial charge on any atom is 0.228 e. The van der Waals surface area contributed by atoms with Crippen LogP contribution in [0.25, 0.3) is 0 Å². The van der Waals surface area contributed by atoms with E-state index in [0.29, 0.717) is 5.69 Å². The molecule has 1 saturated heterocycles. The van der Waals surface area contributed by atoms with E-state index in [1.165, 1.54) is 17.7 Å². The predicted octanol–water partition coefficient (Wildman–Crippen LogP) is 4.44. The number of carbonyl (C=O) groups is 1. The molecule has 1 N–H and O–H groups in total. The van der Waals surface area contributed by atoms with Gasteiger partial charge in [-0.05, 0) is 55.3 Å². The van der Waals surface area contributed by atoms with Gasteiger partial charge in [-0.2, -0.15) is 0 Å². The highest BCUT2D eigenvalue weighted by Gasteiger charge is 2.25. The highest BCUT2D eigenvalue weighted by atomic mass is 79.9. The van der Waals surface area contributed by atoms with E-state index in [1.54, 1.807) is 12.1 Å². The molecule has 5 heteroatoms. The van der Waals surface area contributed by atoms with Crippen LogP contribution in [0.1, 0.15) is 18.4 Å². The van der Waals surface area contributed by atoms with E-state index in [-0.39, 0.29) is 17.6 Å². The fourth-order valence-corrected chi connectivity index (χ4v) is 3.34. The Kier molecular flexibility index (Phi) is 5.63. The summed E-state index contributed by atoms with van der Waals surface area (Å²) in [5, 5.41) is 2.83. The van der Waals surface area contributed by atoms with Crippen LogP contribution in [0.4, 0.5) is 10.1 Å². The van der Waals surface area contributed by atoms with Crippen molar-refractivity contribution < 1.29 is 9.18 Å². The number of rotatable bonds is 4. The molecular formula is C19H20BrFN2O. The summed E-state index contributed by atoms with van der Waals surface area (Å²) >= 11 is 3.44. The van der Waals surface area contributed by atoms with Crippen molar-refractivity contribution in [3.05, 3.63) is 64.4 Å². The Balaban J connectivity index is 1.58. The highest BCUT2D eigenvalue weighted by Crippen LogP contribution is 2.21. The van der Waals surface area contributed by atoms with Crippen LogP contribution in [0, 0.1) is 11.7 Å². The minimum atomic E-state index is -0.340. The highest BCUT2D eigenvalue weighted by molar-refractivity contribution is 9.10. The molecule has 0 bridgehead atoms. The Morgan fingerprint density at radius 3 is 2.79 bits per heavy atom. The molecule has 2 aromatic rings. The summed E-state index contributed by atoms with van der Waals surface area (Å²) in [6.07, 6.45) is 1.87. The minimum Gasteiger partial charge on any atom is -0.326 e. The quantitative estimate of drug-likeness (QED) is 0.836. The lowest BCUT2D eigenvalue weighted by Gasteiger charge is -2.32. The second-order valence-electron chi connectivity index (χ2n) is 6.20. The normalized spacial score (nSPS) is 18.3. The molecule has 3 nitrogen and oxygen atoms in total. The topological polar surface area (TPSA) is 32.3 Å². The van der Waals surface area contributed by atoms with Crippen LogP contribution >= 0.6 is 15.9 Å². The number of amides is 1. The van der Waals surface area contributed by atoms with Crippen LogP contribution in [0.15, 0.2) is 53.0 Å². The van der Waals surface area contributed by atoms with Crippen molar-refractivity contribution in [2.24, 2.45) is 5.92 Å². The third-order valence-electron chi connectivity index (χ3n) is 4.29. The maximum absolute atomic E-state index is 13.2. The molecule has 1 aliphatic rings. The molecule has 1 fully saturated rings. The third-order valence-corrected chi connectivity index (χ3v) is 4.82. The Morgan fingerprint density at radius 2 is 2.04 bits per heavy atom. The zero-order chi connectivity index (χ0) is 16.9. The Labute approximate surface area is 150 Å². The zero-order valence-corrected chi connectivity index (χ0v) is 14.9. The van der Waals surface area contributed by atoms with Gasteiger partial charge >= 0.3 is 0 Å². The molecule has 24 heavy (non-hydrogen) atoms. The molecule has 0 spiro atoms. The summed E-state index contributed by atoms with van der Waals surface area (Å²) in [5.74, 6) is -0.424. The number of nitrogens with zero attached hydrogens (tertiary/aromatic N) is 1. The van der Waals surface area contributed by atoms with Crippen molar-refractivity contribution >= 4 is 27.5 Å². The van der Waals surface area contributed by atoms with Gasteiger partial charge in [-0.1, -0.05) is 34.1 Å². The molecular weight excluding hydrogens is 371 g/mol. The fraction of sp³-hybridized carbons (Fsp3) is 0.316. The molecule has 1 atom stereocenters. The van der Waals surface area contributed by atoms with Gasteiger partial charge in [0.25, 0.3) is 0 Å². The first-order chi connectivity index (χ1) is 11.6. The standard InChI is InChI=1S/C19H20BrFN2O/c20-16-8-6-14(7-9-16)12-23-10-2-3-15(13-23)19(24)22-18-5-1-4-17(21)11-18/h1,4-9,11,15H,2-3,10,12-13H2,(H,22,24). The van der Waals surface area contributed by atoms with E-state index in [0.717, 1.165) is 36.9 Å². The first kappa shape index (κ1) is 17.1. The lowest BCUT2D eigenvalue weighted by molar-refractivity contribution is -0.121. The molecule has 2 aromatic carbocycles. The van der Waals surface area contributed by atoms with Gasteiger partial charge in [0.15, 0.2) is 0 Å². The monoisotopic (exact) mass is 390 g/mol. The smallest absolute Gasteiger partial charge is 0.228 e. The van der Waals surface area contributed by atoms with Crippen LogP contribution in [-0.2, 0) is 11.3 Å². The van der Waals surface area contributed by atoms with E-state index in [9.17, 15) is 9.18 Å². The van der Waals surface area contributed by atoms with Crippen molar-refractivity contribution in [2.45, 2.75) is 19.4 Å². The minimum absolute atomic E-state index is 0.0268. The van der Waals surface area contributed by atoms with Gasteiger partial charge in [0.2, 0.25) is 5.91 Å². The van der Waals surface area contributed by atoms with Gasteiger partial charge in [-0.15, -0.1) is 0 Å². The number of halogens is 2. The van der Waals surface area contributed by atoms with Gasteiger partial charge in [0, 0.05) is 23.2 Å². The first-order valence-corrected chi connectivity index (χ1v) is 8.93. The Morgan fingerprint density at radius 1 is 1.25 bits per heavy atom. The van der Waals surface area contributed by atoms with E-state index in [4.69, 9.17) is 0 Å². The SMILES string of the molecule is O=C(Nc1cccc(F)c1)C1CCCN(Cc2ccc(Br)cc2)C1. The largest absolute Gasteiger partial charge is 0.326 e. The molecule has 1 heterocycles. The third kappa shape index (κ3) is 4.65. The summed E-state index contributed by atoms with van der Waals surface area (Å²) in [4.78, 5) is 14.8. The zero-order valence-electron chi connectivity index (χ0n) is 13.3. The van der Waals surface area contributed by atoms with Crippen LogP contribution in [-0.4, -0.2) is 23.9 Å². The lowest BCUT2D eigenvalue weighted by atomic mass is 9.96. The number of anilines is 1. The molecule has 3 rings (SSSR count). The number of piperidine rings is 1. The van der Waals surface area contributed by atoms with Crippen LogP contribution in [0.2, 0.25) is 0 Å². The molecule has 0 saturated carbocycles. The molecule has 1 unspecified atom stereocenters. The number of hydrogen-bond donors (Lipinski definition) is 1. The van der Waals surface area contributed by atoms with Gasteiger partial charge in [-0.3, -0.25) is 9.69 Å². The second-order valence-corrected chi connectivity index (χ2v) is 7.12. The number of likely N-dealkylation sites (tertiary alicyclic amines) is 1. The molecule has 0 aromatic heterocycles. The molecule has 1 amide bonds. The van der Waals surface area contributed by atoms with Crippen molar-refractivity contribution in [1.29, 1.82) is 0 Å². The number of hydrogen-bond acceptors (Lipinski definition) is 2. The average molecular weight is 391 g/mol. The summed E-state index contributed by atoms with van der Waals surface area (Å²) in [6, 6.07) is 14.3. The predicted molar refractivity (Wildman–Crippen MR) is 97.2 cm³/mol. The fourth-order valence-electron chi connectivity index (χ4n) is 3.07. The van der Waals surface area contributed by atoms with E-state index >= 15 is 0 Å². The van der Waals surface area contributed by atoms with Crippen LogP contribution in [0.5, 0.6) is 0 Å². The summed E-state index contributed by atoms with van der Waals surface area (Å²) < 4.78 is 14.3. The van der Waals surface area contributed by atoms with Gasteiger partial charge in [0.05, 0.1) is 5.92 Å². The summed E-state index contributed by atoms with van der Waals surface area (Å²) in [6.45, 7) is 2.58. The summed E-state index contributed by atoms with van der Waals surface area (Å²) in [5.41, 5.74) is 1.76. The van der Waals surface area contributed by atoms with Crippen molar-refractivity contribution in [3.63, 3.8) is 0 Å². The van der Waals surface area contributed by atoms with Crippen molar-refractivity contribution in [1.82, 2.24) is 4.90 Å². The average Bonchev–Trinajstić information content (AvgIpc) is 2.57. The van der Waals surface area contributed by atoms with Crippen LogP contribution in [0.3, 0.4) is 0 Å². The van der Waals surface area contributed by atoms with Gasteiger partial charge in [0.1, 0.15) is 5.82 Å². The van der Waals surface area contributed by atoms with E-state index in [1.807, 2.05) is 12.1 Å². The molecule has 126 valence electrons. The van der Waals surface area contributed by atoms with E-state index < -0.39 is 0 Å². The first-order valence-electron chi connectivity index (χ1n) is 8.13. The molecule has 0 aliphatic carbocycles. The summed E-state index contributed by atoms with van der Waals surface area (Å²) in [7, 11) is 0. The molecule has 0 radical (unpaired) electrons.